The molecule has 84 valence electrons. The minimum absolute atomic E-state index is 0.0386. The van der Waals surface area contributed by atoms with E-state index in [2.05, 4.69) is 0 Å². The summed E-state index contributed by atoms with van der Waals surface area (Å²) in [4.78, 5) is 10.0. The molecule has 0 fully saturated rings. The van der Waals surface area contributed by atoms with Gasteiger partial charge in [0.25, 0.3) is 0 Å². The van der Waals surface area contributed by atoms with Gasteiger partial charge < -0.3 is 35.4 Å². The van der Waals surface area contributed by atoms with Crippen molar-refractivity contribution in [2.24, 2.45) is 0 Å². The summed E-state index contributed by atoms with van der Waals surface area (Å²) in [6.45, 7) is -2.04. The quantitative estimate of drug-likeness (QED) is 0.245. The third kappa shape index (κ3) is 2.71. The second-order valence-electron chi connectivity index (χ2n) is 2.98. The Bertz CT molecular complexity index is 179. The first kappa shape index (κ1) is 13.4. The molecule has 0 unspecified atom stereocenters. The van der Waals surface area contributed by atoms with Crippen LogP contribution in [0.3, 0.4) is 0 Å². The zero-order chi connectivity index (χ0) is 11.4. The van der Waals surface area contributed by atoms with E-state index < -0.39 is 37.1 Å². The fourth-order valence-corrected chi connectivity index (χ4v) is 0.822. The highest BCUT2D eigenvalue weighted by Crippen LogP contribution is 2.14. The molecule has 14 heavy (non-hydrogen) atoms. The van der Waals surface area contributed by atoms with Gasteiger partial charge >= 0.3 is 0 Å². The third-order valence-electron chi connectivity index (χ3n) is 1.91. The lowest BCUT2D eigenvalue weighted by molar-refractivity contribution is -0.181. The Balaban J connectivity index is 4.57. The van der Waals surface area contributed by atoms with Crippen molar-refractivity contribution in [1.82, 2.24) is 0 Å². The molecular formula is C7H14O7. The predicted molar refractivity (Wildman–Crippen MR) is 43.2 cm³/mol. The molecule has 3 atom stereocenters. The van der Waals surface area contributed by atoms with Gasteiger partial charge in [0.2, 0.25) is 0 Å². The molecule has 0 aliphatic carbocycles. The summed E-state index contributed by atoms with van der Waals surface area (Å²) in [5.41, 5.74) is -2.36. The summed E-state index contributed by atoms with van der Waals surface area (Å²) < 4.78 is 0. The lowest BCUT2D eigenvalue weighted by atomic mass is 9.92. The first-order valence-electron chi connectivity index (χ1n) is 3.86. The summed E-state index contributed by atoms with van der Waals surface area (Å²) >= 11 is 0. The minimum Gasteiger partial charge on any atom is -0.393 e. The molecule has 6 N–H and O–H groups in total. The van der Waals surface area contributed by atoms with Gasteiger partial charge in [0, 0.05) is 0 Å². The average molecular weight is 210 g/mol. The highest BCUT2D eigenvalue weighted by Gasteiger charge is 2.41. The van der Waals surface area contributed by atoms with Gasteiger partial charge in [-0.1, -0.05) is 0 Å². The van der Waals surface area contributed by atoms with Gasteiger partial charge in [-0.2, -0.15) is 0 Å². The normalized spacial score (nSPS) is 18.7. The van der Waals surface area contributed by atoms with E-state index in [0.29, 0.717) is 0 Å². The predicted octanol–water partition coefficient (Wildman–Crippen LogP) is -4.02. The van der Waals surface area contributed by atoms with E-state index >= 15 is 0 Å². The number of aldehydes is 1. The van der Waals surface area contributed by atoms with Crippen LogP contribution in [0, 0.1) is 0 Å². The molecule has 0 aromatic rings. The Morgan fingerprint density at radius 3 is 1.86 bits per heavy atom. The van der Waals surface area contributed by atoms with Crippen molar-refractivity contribution in [2.75, 3.05) is 13.2 Å². The van der Waals surface area contributed by atoms with Crippen LogP contribution in [0.25, 0.3) is 0 Å². The Morgan fingerprint density at radius 1 is 1.14 bits per heavy atom. The zero-order valence-electron chi connectivity index (χ0n) is 7.32. The lowest BCUT2D eigenvalue weighted by Crippen LogP contribution is -2.57. The largest absolute Gasteiger partial charge is 0.393 e. The van der Waals surface area contributed by atoms with Gasteiger partial charge in [0.1, 0.15) is 23.9 Å². The summed E-state index contributed by atoms with van der Waals surface area (Å²) in [6.07, 6.45) is -5.94. The van der Waals surface area contributed by atoms with E-state index in [1.165, 1.54) is 0 Å². The Labute approximate surface area is 79.9 Å². The molecule has 0 rings (SSSR count). The molecule has 0 aromatic heterocycles. The van der Waals surface area contributed by atoms with Crippen LogP contribution in [0.1, 0.15) is 0 Å². The summed E-state index contributed by atoms with van der Waals surface area (Å²) in [5, 5.41) is 53.6. The molecule has 0 saturated carbocycles. The van der Waals surface area contributed by atoms with Crippen LogP contribution in [0.5, 0.6) is 0 Å². The van der Waals surface area contributed by atoms with E-state index in [1.54, 1.807) is 0 Å². The molecule has 0 bridgehead atoms. The molecule has 7 nitrogen and oxygen atoms in total. The van der Waals surface area contributed by atoms with Crippen LogP contribution in [0.4, 0.5) is 0 Å². The van der Waals surface area contributed by atoms with Crippen molar-refractivity contribution in [1.29, 1.82) is 0 Å². The van der Waals surface area contributed by atoms with Crippen LogP contribution in [-0.4, -0.2) is 74.1 Å². The SMILES string of the molecule is O=C[C@H](O)[C@@H](O)[C@@H](O)C(O)(CO)CO. The van der Waals surface area contributed by atoms with E-state index in [9.17, 15) is 15.0 Å². The highest BCUT2D eigenvalue weighted by molar-refractivity contribution is 5.56. The van der Waals surface area contributed by atoms with E-state index in [4.69, 9.17) is 20.4 Å². The van der Waals surface area contributed by atoms with Crippen LogP contribution >= 0.6 is 0 Å². The number of aliphatic hydroxyl groups excluding tert-OH is 5. The number of hydrogen-bond donors (Lipinski definition) is 6. The van der Waals surface area contributed by atoms with Crippen molar-refractivity contribution in [2.45, 2.75) is 23.9 Å². The Hall–Kier alpha value is -0.570. The monoisotopic (exact) mass is 210 g/mol. The smallest absolute Gasteiger partial charge is 0.151 e. The molecule has 0 amide bonds. The van der Waals surface area contributed by atoms with Crippen LogP contribution in [0.15, 0.2) is 0 Å². The number of aliphatic hydroxyl groups is 6. The minimum atomic E-state index is -2.36. The van der Waals surface area contributed by atoms with Gasteiger partial charge in [-0.15, -0.1) is 0 Å². The summed E-state index contributed by atoms with van der Waals surface area (Å²) in [7, 11) is 0. The molecule has 0 heterocycles. The van der Waals surface area contributed by atoms with Crippen molar-refractivity contribution in [3.05, 3.63) is 0 Å². The van der Waals surface area contributed by atoms with Gasteiger partial charge in [-0.05, 0) is 0 Å². The maximum Gasteiger partial charge on any atom is 0.151 e. The Morgan fingerprint density at radius 2 is 1.57 bits per heavy atom. The average Bonchev–Trinajstić information content (AvgIpc) is 2.24. The molecule has 0 radical (unpaired) electrons. The van der Waals surface area contributed by atoms with Crippen molar-refractivity contribution >= 4 is 6.29 Å². The fourth-order valence-electron chi connectivity index (χ4n) is 0.822. The van der Waals surface area contributed by atoms with Crippen LogP contribution in [0.2, 0.25) is 0 Å². The van der Waals surface area contributed by atoms with Gasteiger partial charge in [-0.25, -0.2) is 0 Å². The summed E-state index contributed by atoms with van der Waals surface area (Å²) in [6, 6.07) is 0. The summed E-state index contributed by atoms with van der Waals surface area (Å²) in [5.74, 6) is 0. The first-order chi connectivity index (χ1) is 6.42. The first-order valence-corrected chi connectivity index (χ1v) is 3.86. The Kier molecular flexibility index (Phi) is 5.13. The molecule has 0 aliphatic rings. The maximum atomic E-state index is 10.0. The number of rotatable bonds is 6. The molecule has 0 spiro atoms. The maximum absolute atomic E-state index is 10.0. The van der Waals surface area contributed by atoms with Crippen LogP contribution < -0.4 is 0 Å². The molecule has 7 heteroatoms. The molecule has 0 saturated heterocycles. The van der Waals surface area contributed by atoms with Crippen molar-refractivity contribution in [3.8, 4) is 0 Å². The van der Waals surface area contributed by atoms with Crippen LogP contribution in [-0.2, 0) is 4.79 Å². The van der Waals surface area contributed by atoms with E-state index in [1.807, 2.05) is 0 Å². The second-order valence-corrected chi connectivity index (χ2v) is 2.98. The van der Waals surface area contributed by atoms with E-state index in [0.717, 1.165) is 0 Å². The van der Waals surface area contributed by atoms with E-state index in [-0.39, 0.29) is 6.29 Å². The fraction of sp³-hybridized carbons (Fsp3) is 0.857. The third-order valence-corrected chi connectivity index (χ3v) is 1.91. The zero-order valence-corrected chi connectivity index (χ0v) is 7.32. The molecule has 0 aliphatic heterocycles. The second kappa shape index (κ2) is 5.35. The standard InChI is InChI=1S/C7H14O7/c8-1-4(11)5(12)6(13)7(14,2-9)3-10/h1,4-6,9-14H,2-3H2/t4-,5+,6+/m0/s1. The molecule has 0 aromatic carbocycles. The lowest BCUT2D eigenvalue weighted by Gasteiger charge is -2.32. The van der Waals surface area contributed by atoms with Crippen molar-refractivity contribution < 1.29 is 35.4 Å². The highest BCUT2D eigenvalue weighted by atomic mass is 16.4. The van der Waals surface area contributed by atoms with Gasteiger partial charge in [-0.3, -0.25) is 0 Å². The number of hydrogen-bond acceptors (Lipinski definition) is 7. The topological polar surface area (TPSA) is 138 Å². The van der Waals surface area contributed by atoms with Gasteiger partial charge in [0.15, 0.2) is 6.29 Å². The van der Waals surface area contributed by atoms with Crippen molar-refractivity contribution in [3.63, 3.8) is 0 Å². The number of carbonyl (C=O) groups is 1. The number of carbonyl (C=O) groups excluding carboxylic acids is 1. The molecular weight excluding hydrogens is 196 g/mol. The van der Waals surface area contributed by atoms with Gasteiger partial charge in [0.05, 0.1) is 13.2 Å².